The summed E-state index contributed by atoms with van der Waals surface area (Å²) in [5.41, 5.74) is 2.27. The van der Waals surface area contributed by atoms with Crippen LogP contribution in [0.15, 0.2) is 30.6 Å². The summed E-state index contributed by atoms with van der Waals surface area (Å²) in [7, 11) is 0. The molecule has 0 unspecified atom stereocenters. The maximum atomic E-state index is 8.79. The van der Waals surface area contributed by atoms with E-state index in [0.29, 0.717) is 18.3 Å². The minimum absolute atomic E-state index is 0.0497. The summed E-state index contributed by atoms with van der Waals surface area (Å²) >= 11 is 0. The molecule has 0 radical (unpaired) electrons. The number of anilines is 1. The van der Waals surface area contributed by atoms with Gasteiger partial charge >= 0.3 is 0 Å². The molecular formula is C16H19N3O3. The molecule has 0 saturated heterocycles. The number of aliphatic hydroxyl groups excluding tert-OH is 1. The maximum Gasteiger partial charge on any atom is 0.234 e. The predicted octanol–water partition coefficient (Wildman–Crippen LogP) is 2.09. The van der Waals surface area contributed by atoms with Crippen molar-refractivity contribution in [2.75, 3.05) is 25.1 Å². The van der Waals surface area contributed by atoms with Gasteiger partial charge in [-0.2, -0.15) is 4.98 Å². The first kappa shape index (κ1) is 14.6. The van der Waals surface area contributed by atoms with E-state index >= 15 is 0 Å². The first-order valence-electron chi connectivity index (χ1n) is 7.32. The van der Waals surface area contributed by atoms with Crippen LogP contribution in [-0.4, -0.2) is 34.9 Å². The molecule has 2 aromatic rings. The molecule has 0 amide bonds. The lowest BCUT2D eigenvalue weighted by atomic mass is 9.98. The van der Waals surface area contributed by atoms with Gasteiger partial charge in [-0.15, -0.1) is 0 Å². The predicted molar refractivity (Wildman–Crippen MR) is 82.3 cm³/mol. The minimum atomic E-state index is -0.0497. The van der Waals surface area contributed by atoms with Crippen LogP contribution in [0.4, 0.5) is 5.82 Å². The van der Waals surface area contributed by atoms with Crippen LogP contribution in [-0.2, 0) is 0 Å². The van der Waals surface area contributed by atoms with E-state index in [1.165, 1.54) is 6.20 Å². The Morgan fingerprint density at radius 1 is 1.41 bits per heavy atom. The van der Waals surface area contributed by atoms with Gasteiger partial charge in [0.2, 0.25) is 5.88 Å². The number of hydrogen-bond donors (Lipinski definition) is 2. The highest BCUT2D eigenvalue weighted by Gasteiger charge is 2.22. The first-order chi connectivity index (χ1) is 10.8. The maximum absolute atomic E-state index is 8.79. The molecule has 6 heteroatoms. The van der Waals surface area contributed by atoms with E-state index in [9.17, 15) is 0 Å². The summed E-state index contributed by atoms with van der Waals surface area (Å²) in [4.78, 5) is 8.47. The van der Waals surface area contributed by atoms with Crippen molar-refractivity contribution in [1.82, 2.24) is 9.97 Å². The van der Waals surface area contributed by atoms with Gasteiger partial charge in [0, 0.05) is 12.0 Å². The Balaban J connectivity index is 1.79. The highest BCUT2D eigenvalue weighted by Crippen LogP contribution is 2.36. The van der Waals surface area contributed by atoms with Crippen LogP contribution in [0.3, 0.4) is 0 Å². The SMILES string of the molecule is Cc1cccc2c1OCC[C@@H]2Nc1cncc(OCCO)n1. The number of nitrogens with zero attached hydrogens (tertiary/aromatic N) is 2. The molecule has 22 heavy (non-hydrogen) atoms. The summed E-state index contributed by atoms with van der Waals surface area (Å²) in [6, 6.07) is 6.28. The second-order valence-electron chi connectivity index (χ2n) is 5.14. The third-order valence-corrected chi connectivity index (χ3v) is 3.55. The highest BCUT2D eigenvalue weighted by atomic mass is 16.5. The van der Waals surface area contributed by atoms with Gasteiger partial charge in [0.25, 0.3) is 0 Å². The average molecular weight is 301 g/mol. The van der Waals surface area contributed by atoms with E-state index in [1.807, 2.05) is 19.1 Å². The van der Waals surface area contributed by atoms with E-state index < -0.39 is 0 Å². The fourth-order valence-corrected chi connectivity index (χ4v) is 2.55. The van der Waals surface area contributed by atoms with Crippen LogP contribution in [0.1, 0.15) is 23.6 Å². The monoisotopic (exact) mass is 301 g/mol. The number of aryl methyl sites for hydroxylation is 1. The Morgan fingerprint density at radius 2 is 2.32 bits per heavy atom. The number of para-hydroxylation sites is 1. The number of ether oxygens (including phenoxy) is 2. The van der Waals surface area contributed by atoms with Gasteiger partial charge in [-0.3, -0.25) is 4.98 Å². The van der Waals surface area contributed by atoms with Gasteiger partial charge in [0.1, 0.15) is 18.2 Å². The smallest absolute Gasteiger partial charge is 0.234 e. The summed E-state index contributed by atoms with van der Waals surface area (Å²) in [5, 5.41) is 12.2. The summed E-state index contributed by atoms with van der Waals surface area (Å²) in [6.45, 7) is 2.87. The van der Waals surface area contributed by atoms with Crippen molar-refractivity contribution in [2.45, 2.75) is 19.4 Å². The van der Waals surface area contributed by atoms with Crippen LogP contribution in [0.2, 0.25) is 0 Å². The van der Waals surface area contributed by atoms with Gasteiger partial charge in [-0.05, 0) is 12.5 Å². The zero-order chi connectivity index (χ0) is 15.4. The van der Waals surface area contributed by atoms with Crippen molar-refractivity contribution in [1.29, 1.82) is 0 Å². The molecule has 1 aliphatic heterocycles. The average Bonchev–Trinajstić information content (AvgIpc) is 2.54. The number of hydrogen-bond acceptors (Lipinski definition) is 6. The Kier molecular flexibility index (Phi) is 4.39. The van der Waals surface area contributed by atoms with Crippen molar-refractivity contribution in [3.05, 3.63) is 41.7 Å². The Morgan fingerprint density at radius 3 is 3.18 bits per heavy atom. The Bertz CT molecular complexity index is 648. The molecule has 1 aromatic heterocycles. The third-order valence-electron chi connectivity index (χ3n) is 3.55. The van der Waals surface area contributed by atoms with Gasteiger partial charge in [-0.1, -0.05) is 18.2 Å². The fourth-order valence-electron chi connectivity index (χ4n) is 2.55. The number of benzene rings is 1. The second-order valence-corrected chi connectivity index (χ2v) is 5.14. The summed E-state index contributed by atoms with van der Waals surface area (Å²) in [5.74, 6) is 2.00. The topological polar surface area (TPSA) is 76.5 Å². The Hall–Kier alpha value is -2.34. The van der Waals surface area contributed by atoms with Gasteiger partial charge in [-0.25, -0.2) is 0 Å². The zero-order valence-electron chi connectivity index (χ0n) is 12.5. The molecule has 3 rings (SSSR count). The molecule has 0 aliphatic carbocycles. The molecule has 0 saturated carbocycles. The van der Waals surface area contributed by atoms with Crippen LogP contribution < -0.4 is 14.8 Å². The van der Waals surface area contributed by atoms with E-state index in [-0.39, 0.29) is 19.3 Å². The highest BCUT2D eigenvalue weighted by molar-refractivity contribution is 5.48. The summed E-state index contributed by atoms with van der Waals surface area (Å²) in [6.07, 6.45) is 4.06. The fraction of sp³-hybridized carbons (Fsp3) is 0.375. The Labute approximate surface area is 129 Å². The standard InChI is InChI=1S/C16H19N3O3/c1-11-3-2-4-12-13(5-7-22-16(11)12)18-14-9-17-10-15(19-14)21-8-6-20/h2-4,9-10,13,20H,5-8H2,1H3,(H,18,19)/t13-/m0/s1. The molecule has 0 bridgehead atoms. The molecule has 2 heterocycles. The normalized spacial score (nSPS) is 16.5. The van der Waals surface area contributed by atoms with Crippen molar-refractivity contribution >= 4 is 5.82 Å². The van der Waals surface area contributed by atoms with Crippen LogP contribution in [0.5, 0.6) is 11.6 Å². The number of rotatable bonds is 5. The van der Waals surface area contributed by atoms with Crippen LogP contribution >= 0.6 is 0 Å². The van der Waals surface area contributed by atoms with E-state index in [0.717, 1.165) is 23.3 Å². The molecule has 1 aromatic carbocycles. The zero-order valence-corrected chi connectivity index (χ0v) is 12.5. The van der Waals surface area contributed by atoms with Crippen molar-refractivity contribution < 1.29 is 14.6 Å². The van der Waals surface area contributed by atoms with Crippen molar-refractivity contribution in [3.63, 3.8) is 0 Å². The minimum Gasteiger partial charge on any atom is -0.493 e. The van der Waals surface area contributed by atoms with Crippen LogP contribution in [0.25, 0.3) is 0 Å². The molecule has 0 spiro atoms. The number of aliphatic hydroxyl groups is 1. The van der Waals surface area contributed by atoms with Gasteiger partial charge in [0.15, 0.2) is 0 Å². The number of aromatic nitrogens is 2. The van der Waals surface area contributed by atoms with Gasteiger partial charge in [0.05, 0.1) is 31.6 Å². The van der Waals surface area contributed by atoms with E-state index in [2.05, 4.69) is 21.4 Å². The molecule has 116 valence electrons. The van der Waals surface area contributed by atoms with Crippen molar-refractivity contribution in [2.24, 2.45) is 0 Å². The quantitative estimate of drug-likeness (QED) is 0.880. The molecule has 2 N–H and O–H groups in total. The lowest BCUT2D eigenvalue weighted by Gasteiger charge is -2.28. The lowest BCUT2D eigenvalue weighted by Crippen LogP contribution is -2.21. The molecule has 1 aliphatic rings. The largest absolute Gasteiger partial charge is 0.493 e. The lowest BCUT2D eigenvalue weighted by molar-refractivity contribution is 0.196. The molecule has 1 atom stereocenters. The third kappa shape index (κ3) is 3.12. The first-order valence-corrected chi connectivity index (χ1v) is 7.32. The van der Waals surface area contributed by atoms with E-state index in [4.69, 9.17) is 14.6 Å². The number of fused-ring (bicyclic) bond motifs is 1. The second kappa shape index (κ2) is 6.62. The summed E-state index contributed by atoms with van der Waals surface area (Å²) < 4.78 is 11.1. The molecular weight excluding hydrogens is 282 g/mol. The van der Waals surface area contributed by atoms with Gasteiger partial charge < -0.3 is 19.9 Å². The number of nitrogens with one attached hydrogen (secondary N) is 1. The van der Waals surface area contributed by atoms with Crippen molar-refractivity contribution in [3.8, 4) is 11.6 Å². The van der Waals surface area contributed by atoms with Crippen LogP contribution in [0, 0.1) is 6.92 Å². The van der Waals surface area contributed by atoms with E-state index in [1.54, 1.807) is 6.20 Å². The molecule has 0 fully saturated rings. The molecule has 6 nitrogen and oxygen atoms in total.